The molecule has 2 N–H and O–H groups in total. The Kier molecular flexibility index (Phi) is 5.89. The van der Waals surface area contributed by atoms with Gasteiger partial charge in [-0.25, -0.2) is 9.37 Å². The highest BCUT2D eigenvalue weighted by Crippen LogP contribution is 2.64. The number of anilines is 1. The summed E-state index contributed by atoms with van der Waals surface area (Å²) in [4.78, 5) is 31.4. The Labute approximate surface area is 213 Å². The van der Waals surface area contributed by atoms with Crippen molar-refractivity contribution in [3.05, 3.63) is 57.6 Å². The zero-order valence-corrected chi connectivity index (χ0v) is 21.4. The van der Waals surface area contributed by atoms with Gasteiger partial charge in [0, 0.05) is 28.4 Å². The summed E-state index contributed by atoms with van der Waals surface area (Å²) in [5.41, 5.74) is -0.584. The third-order valence-electron chi connectivity index (χ3n) is 8.21. The molecule has 3 atom stereocenters. The van der Waals surface area contributed by atoms with Crippen molar-refractivity contribution in [2.24, 2.45) is 5.41 Å². The van der Waals surface area contributed by atoms with Gasteiger partial charge in [-0.15, -0.1) is 0 Å². The Hall–Kier alpha value is -2.22. The first-order valence-corrected chi connectivity index (χ1v) is 12.7. The van der Waals surface area contributed by atoms with Crippen molar-refractivity contribution in [3.63, 3.8) is 0 Å². The van der Waals surface area contributed by atoms with Gasteiger partial charge in [-0.3, -0.25) is 14.9 Å². The first-order chi connectivity index (χ1) is 16.6. The molecular weight excluding hydrogens is 492 g/mol. The lowest BCUT2D eigenvalue weighted by atomic mass is 9.53. The number of amides is 1. The summed E-state index contributed by atoms with van der Waals surface area (Å²) in [5.74, 6) is -2.46. The first kappa shape index (κ1) is 24.5. The average Bonchev–Trinajstić information content (AvgIpc) is 3.26. The number of hydrogen-bond acceptors (Lipinski definition) is 5. The quantitative estimate of drug-likeness (QED) is 0.420. The Morgan fingerprint density at radius 2 is 1.91 bits per heavy atom. The van der Waals surface area contributed by atoms with E-state index in [0.717, 1.165) is 12.8 Å². The summed E-state index contributed by atoms with van der Waals surface area (Å²) < 4.78 is 21.1. The Morgan fingerprint density at radius 1 is 1.20 bits per heavy atom. The summed E-state index contributed by atoms with van der Waals surface area (Å²) in [6.45, 7) is 6.29. The fourth-order valence-corrected chi connectivity index (χ4v) is 6.88. The molecule has 2 aliphatic heterocycles. The molecule has 3 heterocycles. The van der Waals surface area contributed by atoms with Crippen LogP contribution in [0, 0.1) is 11.2 Å². The molecule has 0 bridgehead atoms. The minimum absolute atomic E-state index is 0.0781. The predicted molar refractivity (Wildman–Crippen MR) is 132 cm³/mol. The Bertz CT molecular complexity index is 1210. The molecule has 2 spiro atoms. The zero-order chi connectivity index (χ0) is 25.2. The fourth-order valence-electron chi connectivity index (χ4n) is 6.54. The van der Waals surface area contributed by atoms with E-state index in [2.05, 4.69) is 29.5 Å². The smallest absolute Gasteiger partial charge is 0.323 e. The largest absolute Gasteiger partial charge is 0.465 e. The number of benzene rings is 1. The molecule has 2 aromatic rings. The molecule has 5 rings (SSSR count). The van der Waals surface area contributed by atoms with Crippen molar-refractivity contribution in [2.45, 2.75) is 69.4 Å². The van der Waals surface area contributed by atoms with E-state index in [9.17, 15) is 9.59 Å². The molecule has 35 heavy (non-hydrogen) atoms. The molecule has 1 aromatic carbocycles. The van der Waals surface area contributed by atoms with E-state index in [-0.39, 0.29) is 28.6 Å². The van der Waals surface area contributed by atoms with Crippen LogP contribution in [0.3, 0.4) is 0 Å². The van der Waals surface area contributed by atoms with Crippen LogP contribution in [0.15, 0.2) is 30.5 Å². The number of halogens is 3. The molecule has 1 saturated heterocycles. The maximum atomic E-state index is 15.6. The molecule has 1 aromatic heterocycles. The summed E-state index contributed by atoms with van der Waals surface area (Å²) in [6.07, 6.45) is 4.32. The summed E-state index contributed by atoms with van der Waals surface area (Å²) in [5, 5.41) is 6.72. The molecular formula is C26H28Cl2FN3O3. The molecule has 6 nitrogen and oxygen atoms in total. The third-order valence-corrected chi connectivity index (χ3v) is 8.71. The normalized spacial score (nSPS) is 28.2. The Morgan fingerprint density at radius 3 is 2.60 bits per heavy atom. The van der Waals surface area contributed by atoms with E-state index in [1.165, 1.54) is 12.3 Å². The van der Waals surface area contributed by atoms with Crippen LogP contribution >= 0.6 is 23.2 Å². The SMILES string of the molecule is CCOC(=O)[C@@H]1NC2(CCC(C)(C)CC2)C2(C(=O)Nc3cc(Cl)ccc32)[C@@H]1c1ccnc(Cl)c1F. The zero-order valence-electron chi connectivity index (χ0n) is 19.9. The summed E-state index contributed by atoms with van der Waals surface area (Å²) >= 11 is 12.4. The molecule has 1 unspecified atom stereocenters. The van der Waals surface area contributed by atoms with E-state index in [0.29, 0.717) is 29.1 Å². The highest BCUT2D eigenvalue weighted by molar-refractivity contribution is 6.31. The van der Waals surface area contributed by atoms with Gasteiger partial charge in [0.1, 0.15) is 11.5 Å². The van der Waals surface area contributed by atoms with Crippen LogP contribution < -0.4 is 10.6 Å². The van der Waals surface area contributed by atoms with Crippen LogP contribution in [0.25, 0.3) is 0 Å². The number of nitrogens with one attached hydrogen (secondary N) is 2. The number of hydrogen-bond donors (Lipinski definition) is 2. The topological polar surface area (TPSA) is 80.3 Å². The number of nitrogens with zero attached hydrogens (tertiary/aromatic N) is 1. The van der Waals surface area contributed by atoms with Crippen LogP contribution in [-0.4, -0.2) is 35.0 Å². The number of carbonyl (C=O) groups excluding carboxylic acids is 2. The van der Waals surface area contributed by atoms with Crippen molar-refractivity contribution in [1.82, 2.24) is 10.3 Å². The predicted octanol–water partition coefficient (Wildman–Crippen LogP) is 5.38. The van der Waals surface area contributed by atoms with E-state index < -0.39 is 34.7 Å². The molecule has 186 valence electrons. The number of fused-ring (bicyclic) bond motifs is 3. The van der Waals surface area contributed by atoms with E-state index in [1.54, 1.807) is 19.1 Å². The number of pyridine rings is 1. The lowest BCUT2D eigenvalue weighted by Crippen LogP contribution is -2.61. The van der Waals surface area contributed by atoms with Crippen LogP contribution in [-0.2, 0) is 19.7 Å². The highest BCUT2D eigenvalue weighted by Gasteiger charge is 2.73. The van der Waals surface area contributed by atoms with Crippen molar-refractivity contribution in [2.75, 3.05) is 11.9 Å². The summed E-state index contributed by atoms with van der Waals surface area (Å²) in [7, 11) is 0. The lowest BCUT2D eigenvalue weighted by molar-refractivity contribution is -0.146. The molecule has 9 heteroatoms. The minimum atomic E-state index is -1.29. The maximum absolute atomic E-state index is 15.6. The van der Waals surface area contributed by atoms with Crippen molar-refractivity contribution >= 4 is 40.8 Å². The van der Waals surface area contributed by atoms with Gasteiger partial charge in [0.05, 0.1) is 6.61 Å². The molecule has 1 aliphatic carbocycles. The monoisotopic (exact) mass is 519 g/mol. The number of ether oxygens (including phenoxy) is 1. The second-order valence-corrected chi connectivity index (χ2v) is 11.3. The van der Waals surface area contributed by atoms with Gasteiger partial charge in [0.2, 0.25) is 5.91 Å². The molecule has 1 amide bonds. The fraction of sp³-hybridized carbons (Fsp3) is 0.500. The second kappa shape index (κ2) is 8.43. The maximum Gasteiger partial charge on any atom is 0.323 e. The van der Waals surface area contributed by atoms with E-state index in [1.807, 2.05) is 6.07 Å². The van der Waals surface area contributed by atoms with Crippen molar-refractivity contribution in [3.8, 4) is 0 Å². The van der Waals surface area contributed by atoms with Gasteiger partial charge in [-0.2, -0.15) is 0 Å². The van der Waals surface area contributed by atoms with Crippen LogP contribution in [0.2, 0.25) is 10.2 Å². The number of esters is 1. The van der Waals surface area contributed by atoms with E-state index >= 15 is 4.39 Å². The van der Waals surface area contributed by atoms with Crippen molar-refractivity contribution in [1.29, 1.82) is 0 Å². The van der Waals surface area contributed by atoms with Crippen LogP contribution in [0.4, 0.5) is 10.1 Å². The average molecular weight is 520 g/mol. The minimum Gasteiger partial charge on any atom is -0.465 e. The highest BCUT2D eigenvalue weighted by atomic mass is 35.5. The van der Waals surface area contributed by atoms with Gasteiger partial charge in [-0.1, -0.05) is 43.1 Å². The number of carbonyl (C=O) groups is 2. The third kappa shape index (κ3) is 3.50. The molecule has 1 saturated carbocycles. The molecule has 0 radical (unpaired) electrons. The first-order valence-electron chi connectivity index (χ1n) is 11.9. The number of aromatic nitrogens is 1. The number of rotatable bonds is 3. The van der Waals surface area contributed by atoms with E-state index in [4.69, 9.17) is 27.9 Å². The Balaban J connectivity index is 1.82. The molecule has 3 aliphatic rings. The standard InChI is InChI=1S/C26H28Cl2FN3O3/c1-4-35-22(33)20-18(15-7-12-30-21(28)19(15)29)26(25(32-20)10-8-24(2,3)9-11-25)16-6-5-14(27)13-17(16)31-23(26)34/h5-7,12-13,18,20,32H,4,8-11H2,1-3H3,(H,31,34)/t18-,20-,26?/m1/s1. The summed E-state index contributed by atoms with van der Waals surface area (Å²) in [6, 6.07) is 5.80. The van der Waals surface area contributed by atoms with Gasteiger partial charge in [-0.05, 0) is 67.3 Å². The second-order valence-electron chi connectivity index (χ2n) is 10.6. The van der Waals surface area contributed by atoms with Crippen LogP contribution in [0.5, 0.6) is 0 Å². The van der Waals surface area contributed by atoms with Gasteiger partial charge in [0.25, 0.3) is 0 Å². The molecule has 2 fully saturated rings. The van der Waals surface area contributed by atoms with Gasteiger partial charge >= 0.3 is 5.97 Å². The van der Waals surface area contributed by atoms with Crippen LogP contribution in [0.1, 0.15) is 63.5 Å². The van der Waals surface area contributed by atoms with Gasteiger partial charge < -0.3 is 10.1 Å². The lowest BCUT2D eigenvalue weighted by Gasteiger charge is -2.50. The van der Waals surface area contributed by atoms with Crippen molar-refractivity contribution < 1.29 is 18.7 Å². The van der Waals surface area contributed by atoms with Gasteiger partial charge in [0.15, 0.2) is 11.0 Å².